The van der Waals surface area contributed by atoms with E-state index in [1.54, 1.807) is 19.1 Å². The fourth-order valence-corrected chi connectivity index (χ4v) is 3.15. The molecule has 10 heteroatoms. The fraction of sp³-hybridized carbons (Fsp3) is 0.421. The summed E-state index contributed by atoms with van der Waals surface area (Å²) in [6.07, 6.45) is 0.857. The molecule has 0 saturated heterocycles. The Bertz CT molecular complexity index is 804. The summed E-state index contributed by atoms with van der Waals surface area (Å²) in [4.78, 5) is 33.1. The number of ether oxygens (including phenoxy) is 3. The third kappa shape index (κ3) is 6.67. The van der Waals surface area contributed by atoms with Gasteiger partial charge in [0.1, 0.15) is 0 Å². The van der Waals surface area contributed by atoms with Crippen molar-refractivity contribution in [3.63, 3.8) is 0 Å². The SMILES string of the molecule is CC(=O)O.CCCOc1c(Br)cc(C2NC(=O)NC(C)=C2C(=O)OC)cc1OC. The first-order valence-corrected chi connectivity index (χ1v) is 9.51. The molecule has 0 radical (unpaired) electrons. The van der Waals surface area contributed by atoms with Crippen molar-refractivity contribution in [2.75, 3.05) is 20.8 Å². The van der Waals surface area contributed by atoms with Crippen molar-refractivity contribution in [1.82, 2.24) is 10.6 Å². The summed E-state index contributed by atoms with van der Waals surface area (Å²) < 4.78 is 16.7. The lowest BCUT2D eigenvalue weighted by atomic mass is 9.95. The van der Waals surface area contributed by atoms with E-state index in [-0.39, 0.29) is 0 Å². The van der Waals surface area contributed by atoms with Crippen molar-refractivity contribution >= 4 is 33.9 Å². The molecule has 2 amide bonds. The van der Waals surface area contributed by atoms with Crippen LogP contribution in [0.3, 0.4) is 0 Å². The molecule has 160 valence electrons. The van der Waals surface area contributed by atoms with Crippen LogP contribution < -0.4 is 20.1 Å². The number of carboxylic acids is 1. The number of hydrogen-bond donors (Lipinski definition) is 3. The molecule has 1 aliphatic heterocycles. The number of esters is 1. The summed E-state index contributed by atoms with van der Waals surface area (Å²) in [5, 5.41) is 12.7. The van der Waals surface area contributed by atoms with Crippen molar-refractivity contribution in [3.05, 3.63) is 33.4 Å². The van der Waals surface area contributed by atoms with Crippen LogP contribution in [0.1, 0.15) is 38.8 Å². The lowest BCUT2D eigenvalue weighted by Gasteiger charge is -2.28. The van der Waals surface area contributed by atoms with Crippen LogP contribution in [0.5, 0.6) is 11.5 Å². The van der Waals surface area contributed by atoms with E-state index in [2.05, 4.69) is 26.6 Å². The van der Waals surface area contributed by atoms with Gasteiger partial charge in [0, 0.05) is 12.6 Å². The molecule has 1 aromatic carbocycles. The number of carboxylic acid groups (broad SMARTS) is 1. The lowest BCUT2D eigenvalue weighted by molar-refractivity contribution is -0.137. The number of carbonyl (C=O) groups is 3. The second kappa shape index (κ2) is 11.3. The standard InChI is InChI=1S/C17H21BrN2O5.C2H4O2/c1-5-6-25-15-11(18)7-10(8-12(15)23-3)14-13(16(21)24-4)9(2)19-17(22)20-14;1-2(3)4/h7-8,14H,5-6H2,1-4H3,(H2,19,20,22);1H3,(H,3,4). The van der Waals surface area contributed by atoms with Crippen LogP contribution in [0.25, 0.3) is 0 Å². The summed E-state index contributed by atoms with van der Waals surface area (Å²) in [6, 6.07) is 2.48. The van der Waals surface area contributed by atoms with Crippen molar-refractivity contribution in [3.8, 4) is 11.5 Å². The van der Waals surface area contributed by atoms with Gasteiger partial charge in [-0.2, -0.15) is 0 Å². The maximum atomic E-state index is 12.2. The Morgan fingerprint density at radius 1 is 1.28 bits per heavy atom. The van der Waals surface area contributed by atoms with E-state index in [1.807, 2.05) is 6.92 Å². The van der Waals surface area contributed by atoms with Gasteiger partial charge in [0.2, 0.25) is 0 Å². The van der Waals surface area contributed by atoms with Gasteiger partial charge in [-0.15, -0.1) is 0 Å². The van der Waals surface area contributed by atoms with Crippen molar-refractivity contribution in [1.29, 1.82) is 0 Å². The van der Waals surface area contributed by atoms with Gasteiger partial charge in [-0.1, -0.05) is 6.92 Å². The van der Waals surface area contributed by atoms with E-state index in [9.17, 15) is 9.59 Å². The fourth-order valence-electron chi connectivity index (χ4n) is 2.58. The number of amides is 2. The topological polar surface area (TPSA) is 123 Å². The maximum absolute atomic E-state index is 12.2. The van der Waals surface area contributed by atoms with Crippen LogP contribution in [0.2, 0.25) is 0 Å². The molecule has 2 rings (SSSR count). The van der Waals surface area contributed by atoms with Crippen LogP contribution in [0.4, 0.5) is 4.79 Å². The quantitative estimate of drug-likeness (QED) is 0.543. The van der Waals surface area contributed by atoms with Gasteiger partial charge in [0.15, 0.2) is 11.5 Å². The first kappa shape index (κ1) is 24.3. The minimum absolute atomic E-state index is 0.332. The summed E-state index contributed by atoms with van der Waals surface area (Å²) in [5.74, 6) is -0.266. The third-order valence-corrected chi connectivity index (χ3v) is 4.30. The molecule has 1 heterocycles. The molecule has 0 fully saturated rings. The number of nitrogens with one attached hydrogen (secondary N) is 2. The number of allylic oxidation sites excluding steroid dienone is 1. The molecule has 1 atom stereocenters. The summed E-state index contributed by atoms with van der Waals surface area (Å²) in [7, 11) is 2.84. The van der Waals surface area contributed by atoms with Gasteiger partial charge in [0.05, 0.1) is 36.9 Å². The minimum Gasteiger partial charge on any atom is -0.493 e. The Morgan fingerprint density at radius 3 is 2.41 bits per heavy atom. The number of hydrogen-bond acceptors (Lipinski definition) is 6. The second-order valence-corrected chi connectivity index (χ2v) is 6.82. The smallest absolute Gasteiger partial charge is 0.337 e. The minimum atomic E-state index is -0.833. The Morgan fingerprint density at radius 2 is 1.90 bits per heavy atom. The zero-order chi connectivity index (χ0) is 22.1. The van der Waals surface area contributed by atoms with Crippen molar-refractivity contribution in [2.24, 2.45) is 0 Å². The number of halogens is 1. The third-order valence-electron chi connectivity index (χ3n) is 3.71. The summed E-state index contributed by atoms with van der Waals surface area (Å²) in [5.41, 5.74) is 1.45. The molecular formula is C19H25BrN2O7. The van der Waals surface area contributed by atoms with Gasteiger partial charge < -0.3 is 30.0 Å². The second-order valence-electron chi connectivity index (χ2n) is 5.96. The number of benzene rings is 1. The predicted molar refractivity (Wildman–Crippen MR) is 109 cm³/mol. The molecule has 1 unspecified atom stereocenters. The lowest BCUT2D eigenvalue weighted by Crippen LogP contribution is -2.45. The average molecular weight is 473 g/mol. The molecular weight excluding hydrogens is 448 g/mol. The number of rotatable bonds is 6. The first-order chi connectivity index (χ1) is 13.7. The van der Waals surface area contributed by atoms with E-state index in [1.165, 1.54) is 14.2 Å². The number of methoxy groups -OCH3 is 2. The van der Waals surface area contributed by atoms with Crippen LogP contribution in [-0.4, -0.2) is 43.9 Å². The van der Waals surface area contributed by atoms with Gasteiger partial charge in [0.25, 0.3) is 5.97 Å². The highest BCUT2D eigenvalue weighted by molar-refractivity contribution is 9.10. The van der Waals surface area contributed by atoms with E-state index in [0.29, 0.717) is 39.4 Å². The van der Waals surface area contributed by atoms with Crippen LogP contribution in [0, 0.1) is 0 Å². The van der Waals surface area contributed by atoms with Crippen molar-refractivity contribution < 1.29 is 33.7 Å². The molecule has 0 spiro atoms. The van der Waals surface area contributed by atoms with E-state index >= 15 is 0 Å². The molecule has 1 aliphatic rings. The van der Waals surface area contributed by atoms with Crippen LogP contribution in [0.15, 0.2) is 27.9 Å². The van der Waals surface area contributed by atoms with E-state index < -0.39 is 24.0 Å². The average Bonchev–Trinajstić information content (AvgIpc) is 2.64. The van der Waals surface area contributed by atoms with E-state index in [4.69, 9.17) is 24.1 Å². The molecule has 0 aliphatic carbocycles. The molecule has 29 heavy (non-hydrogen) atoms. The van der Waals surface area contributed by atoms with E-state index in [0.717, 1.165) is 13.3 Å². The highest BCUT2D eigenvalue weighted by atomic mass is 79.9. The zero-order valence-electron chi connectivity index (χ0n) is 16.9. The molecule has 1 aromatic rings. The normalized spacial score (nSPS) is 15.4. The highest BCUT2D eigenvalue weighted by Gasteiger charge is 2.32. The van der Waals surface area contributed by atoms with Gasteiger partial charge >= 0.3 is 12.0 Å². The number of carbonyl (C=O) groups excluding carboxylic acids is 2. The maximum Gasteiger partial charge on any atom is 0.337 e. The first-order valence-electron chi connectivity index (χ1n) is 8.72. The molecule has 9 nitrogen and oxygen atoms in total. The summed E-state index contributed by atoms with van der Waals surface area (Å²) >= 11 is 3.47. The molecule has 0 bridgehead atoms. The highest BCUT2D eigenvalue weighted by Crippen LogP contribution is 2.40. The van der Waals surface area contributed by atoms with Crippen LogP contribution >= 0.6 is 15.9 Å². The number of aliphatic carboxylic acids is 1. The van der Waals surface area contributed by atoms with Crippen LogP contribution in [-0.2, 0) is 14.3 Å². The zero-order valence-corrected chi connectivity index (χ0v) is 18.5. The Kier molecular flexibility index (Phi) is 9.46. The van der Waals surface area contributed by atoms with Crippen molar-refractivity contribution in [2.45, 2.75) is 33.2 Å². The summed E-state index contributed by atoms with van der Waals surface area (Å²) in [6.45, 7) is 5.29. The molecule has 0 aromatic heterocycles. The Hall–Kier alpha value is -2.75. The van der Waals surface area contributed by atoms with Gasteiger partial charge in [-0.25, -0.2) is 9.59 Å². The molecule has 0 saturated carbocycles. The Labute approximate surface area is 177 Å². The number of urea groups is 1. The largest absolute Gasteiger partial charge is 0.493 e. The van der Waals surface area contributed by atoms with Gasteiger partial charge in [-0.3, -0.25) is 4.79 Å². The predicted octanol–water partition coefficient (Wildman–Crippen LogP) is 3.14. The molecule has 3 N–H and O–H groups in total. The monoisotopic (exact) mass is 472 g/mol. The van der Waals surface area contributed by atoms with Gasteiger partial charge in [-0.05, 0) is 47.0 Å². The Balaban J connectivity index is 0.000000960.